The van der Waals surface area contributed by atoms with Crippen molar-refractivity contribution in [3.05, 3.63) is 30.3 Å². The highest BCUT2D eigenvalue weighted by molar-refractivity contribution is 5.92. The molecule has 0 saturated carbocycles. The summed E-state index contributed by atoms with van der Waals surface area (Å²) in [7, 11) is 0. The van der Waals surface area contributed by atoms with Gasteiger partial charge in [-0.1, -0.05) is 18.2 Å². The molecule has 0 aromatic heterocycles. The second-order valence-electron chi connectivity index (χ2n) is 2.19. The van der Waals surface area contributed by atoms with Gasteiger partial charge in [0.15, 0.2) is 0 Å². The number of hydrogen-bond acceptors (Lipinski definition) is 2. The Morgan fingerprint density at radius 2 is 2.00 bits per heavy atom. The number of carbonyl (C=O) groups excluding carboxylic acids is 1. The van der Waals surface area contributed by atoms with Crippen LogP contribution in [0.1, 0.15) is 0 Å². The van der Waals surface area contributed by atoms with Crippen molar-refractivity contribution in [3.63, 3.8) is 0 Å². The van der Waals surface area contributed by atoms with Gasteiger partial charge in [-0.3, -0.25) is 4.79 Å². The molecule has 0 bridgehead atoms. The first-order chi connectivity index (χ1) is 5.70. The Morgan fingerprint density at radius 3 is 2.50 bits per heavy atom. The van der Waals surface area contributed by atoms with E-state index in [0.29, 0.717) is 5.69 Å². The largest absolute Gasteiger partial charge is 0.357 e. The van der Waals surface area contributed by atoms with Crippen LogP contribution in [0.3, 0.4) is 0 Å². The fraction of sp³-hybridized carbons (Fsp3) is 0.125. The molecular weight excluding hydrogens is 161 g/mol. The summed E-state index contributed by atoms with van der Waals surface area (Å²) < 4.78 is 11.9. The van der Waals surface area contributed by atoms with Crippen molar-refractivity contribution in [2.75, 3.05) is 5.32 Å². The highest BCUT2D eigenvalue weighted by atomic mass is 19.1. The fourth-order valence-corrected chi connectivity index (χ4v) is 0.723. The third-order valence-corrected chi connectivity index (χ3v) is 1.26. The van der Waals surface area contributed by atoms with Crippen molar-refractivity contribution >= 4 is 11.6 Å². The predicted molar refractivity (Wildman–Crippen MR) is 42.2 cm³/mol. The number of anilines is 1. The maximum atomic E-state index is 11.9. The summed E-state index contributed by atoms with van der Waals surface area (Å²) in [6.45, 7) is 0. The Hall–Kier alpha value is -1.42. The molecule has 0 aliphatic rings. The fourth-order valence-electron chi connectivity index (χ4n) is 0.723. The molecule has 2 N–H and O–H groups in total. The molecule has 12 heavy (non-hydrogen) atoms. The number of rotatable bonds is 2. The lowest BCUT2D eigenvalue weighted by molar-refractivity contribution is -0.132. The van der Waals surface area contributed by atoms with Crippen LogP contribution in [0, 0.1) is 0 Å². The van der Waals surface area contributed by atoms with Crippen LogP contribution < -0.4 is 5.32 Å². The van der Waals surface area contributed by atoms with Gasteiger partial charge in [0.05, 0.1) is 0 Å². The molecule has 1 atom stereocenters. The van der Waals surface area contributed by atoms with Gasteiger partial charge in [-0.05, 0) is 12.1 Å². The molecule has 0 saturated heterocycles. The average Bonchev–Trinajstić information content (AvgIpc) is 2.06. The lowest BCUT2D eigenvalue weighted by Gasteiger charge is -2.03. The smallest absolute Gasteiger partial charge is 0.286 e. The summed E-state index contributed by atoms with van der Waals surface area (Å²) in [6.07, 6.45) is -2.47. The summed E-state index contributed by atoms with van der Waals surface area (Å²) in [5, 5.41) is 10.4. The molecule has 0 fully saturated rings. The van der Waals surface area contributed by atoms with E-state index in [2.05, 4.69) is 5.32 Å². The average molecular weight is 169 g/mol. The van der Waals surface area contributed by atoms with Crippen LogP contribution in [-0.2, 0) is 4.79 Å². The number of para-hydroxylation sites is 1. The molecule has 0 heterocycles. The number of benzene rings is 1. The van der Waals surface area contributed by atoms with Gasteiger partial charge in [-0.2, -0.15) is 0 Å². The number of carbonyl (C=O) groups is 1. The molecule has 3 nitrogen and oxygen atoms in total. The summed E-state index contributed by atoms with van der Waals surface area (Å²) in [4.78, 5) is 10.6. The maximum absolute atomic E-state index is 11.9. The van der Waals surface area contributed by atoms with Crippen LogP contribution in [-0.4, -0.2) is 17.4 Å². The normalized spacial score (nSPS) is 12.2. The number of halogens is 1. The molecule has 1 aromatic rings. The van der Waals surface area contributed by atoms with E-state index < -0.39 is 12.3 Å². The Morgan fingerprint density at radius 1 is 1.42 bits per heavy atom. The van der Waals surface area contributed by atoms with E-state index >= 15 is 0 Å². The van der Waals surface area contributed by atoms with Crippen molar-refractivity contribution in [2.45, 2.75) is 6.36 Å². The van der Waals surface area contributed by atoms with Crippen LogP contribution >= 0.6 is 0 Å². The highest BCUT2D eigenvalue weighted by Gasteiger charge is 2.11. The van der Waals surface area contributed by atoms with Crippen LogP contribution in [0.4, 0.5) is 10.1 Å². The van der Waals surface area contributed by atoms with Crippen molar-refractivity contribution in [1.82, 2.24) is 0 Å². The molecule has 1 unspecified atom stereocenters. The van der Waals surface area contributed by atoms with Gasteiger partial charge in [0.1, 0.15) is 0 Å². The quantitative estimate of drug-likeness (QED) is 0.691. The van der Waals surface area contributed by atoms with E-state index in [1.807, 2.05) is 0 Å². The summed E-state index contributed by atoms with van der Waals surface area (Å²) in [6, 6.07) is 8.35. The van der Waals surface area contributed by atoms with Gasteiger partial charge in [0, 0.05) is 5.69 Å². The van der Waals surface area contributed by atoms with E-state index in [1.54, 1.807) is 30.3 Å². The predicted octanol–water partition coefficient (Wildman–Crippen LogP) is 0.913. The first kappa shape index (κ1) is 8.67. The molecule has 0 radical (unpaired) electrons. The van der Waals surface area contributed by atoms with E-state index in [-0.39, 0.29) is 0 Å². The van der Waals surface area contributed by atoms with E-state index in [0.717, 1.165) is 0 Å². The monoisotopic (exact) mass is 169 g/mol. The Balaban J connectivity index is 2.59. The molecule has 0 spiro atoms. The standard InChI is InChI=1S/C8H8FNO2/c9-7(11)8(12)10-6-4-2-1-3-5-6/h1-5,7,11H,(H,10,12). The van der Waals surface area contributed by atoms with Crippen molar-refractivity contribution in [3.8, 4) is 0 Å². The van der Waals surface area contributed by atoms with Crippen molar-refractivity contribution in [2.24, 2.45) is 0 Å². The second-order valence-corrected chi connectivity index (χ2v) is 2.19. The first-order valence-corrected chi connectivity index (χ1v) is 3.38. The van der Waals surface area contributed by atoms with Crippen LogP contribution in [0.5, 0.6) is 0 Å². The number of hydrogen-bond donors (Lipinski definition) is 2. The van der Waals surface area contributed by atoms with Crippen LogP contribution in [0.2, 0.25) is 0 Å². The third-order valence-electron chi connectivity index (χ3n) is 1.26. The Labute approximate surface area is 68.8 Å². The molecule has 4 heteroatoms. The molecule has 1 aromatic carbocycles. The Kier molecular flexibility index (Phi) is 2.76. The zero-order valence-corrected chi connectivity index (χ0v) is 6.20. The van der Waals surface area contributed by atoms with Crippen LogP contribution in [0.25, 0.3) is 0 Å². The zero-order valence-electron chi connectivity index (χ0n) is 6.20. The van der Waals surface area contributed by atoms with Gasteiger partial charge in [-0.15, -0.1) is 0 Å². The highest BCUT2D eigenvalue weighted by Crippen LogP contribution is 2.05. The lowest BCUT2D eigenvalue weighted by atomic mass is 10.3. The minimum absolute atomic E-state index is 0.458. The van der Waals surface area contributed by atoms with Crippen molar-refractivity contribution < 1.29 is 14.3 Å². The van der Waals surface area contributed by atoms with Gasteiger partial charge < -0.3 is 10.4 Å². The zero-order chi connectivity index (χ0) is 8.97. The number of nitrogens with one attached hydrogen (secondary N) is 1. The van der Waals surface area contributed by atoms with Gasteiger partial charge in [0.25, 0.3) is 12.3 Å². The van der Waals surface area contributed by atoms with E-state index in [4.69, 9.17) is 5.11 Å². The number of aliphatic hydroxyl groups is 1. The minimum Gasteiger partial charge on any atom is -0.357 e. The molecule has 1 rings (SSSR count). The van der Waals surface area contributed by atoms with Gasteiger partial charge in [-0.25, -0.2) is 4.39 Å². The number of alkyl halides is 1. The summed E-state index contributed by atoms with van der Waals surface area (Å²) >= 11 is 0. The SMILES string of the molecule is O=C(Nc1ccccc1)C(O)F. The molecule has 0 aliphatic heterocycles. The third kappa shape index (κ3) is 2.32. The van der Waals surface area contributed by atoms with Gasteiger partial charge in [0.2, 0.25) is 0 Å². The molecular formula is C8H8FNO2. The number of aliphatic hydroxyl groups excluding tert-OH is 1. The van der Waals surface area contributed by atoms with Crippen LogP contribution in [0.15, 0.2) is 30.3 Å². The van der Waals surface area contributed by atoms with E-state index in [1.165, 1.54) is 0 Å². The summed E-state index contributed by atoms with van der Waals surface area (Å²) in [5.74, 6) is -1.05. The molecule has 1 amide bonds. The lowest BCUT2D eigenvalue weighted by Crippen LogP contribution is -2.23. The first-order valence-electron chi connectivity index (χ1n) is 3.38. The van der Waals surface area contributed by atoms with E-state index in [9.17, 15) is 9.18 Å². The Bertz CT molecular complexity index is 261. The molecule has 64 valence electrons. The maximum Gasteiger partial charge on any atom is 0.286 e. The molecule has 0 aliphatic carbocycles. The summed E-state index contributed by atoms with van der Waals surface area (Å²) in [5.41, 5.74) is 0.458. The topological polar surface area (TPSA) is 49.3 Å². The van der Waals surface area contributed by atoms with Gasteiger partial charge >= 0.3 is 0 Å². The minimum atomic E-state index is -2.47. The second kappa shape index (κ2) is 3.82. The van der Waals surface area contributed by atoms with Crippen molar-refractivity contribution in [1.29, 1.82) is 0 Å². The number of amides is 1.